The van der Waals surface area contributed by atoms with Gasteiger partial charge < -0.3 is 0 Å². The molecule has 0 N–H and O–H groups in total. The molecule has 0 nitrogen and oxygen atoms in total. The molecule has 0 unspecified atom stereocenters. The standard InChI is InChI=1S/Be.Co.Cu.Fe.Ni.2H. The molecule has 0 aromatic heterocycles. The average molecular weight is 248 g/mol. The van der Waals surface area contributed by atoms with Gasteiger partial charge in [-0.05, 0) is 0 Å². The smallest absolute Gasteiger partial charge is 0 e. The van der Waals surface area contributed by atoms with Crippen molar-refractivity contribution in [3.8, 4) is 0 Å². The first kappa shape index (κ1) is 57.0. The van der Waals surface area contributed by atoms with Crippen LogP contribution in [-0.4, -0.2) is 10.1 Å². The Labute approximate surface area is 76.9 Å². The molecule has 42 valence electrons. The summed E-state index contributed by atoms with van der Waals surface area (Å²) in [7, 11) is 0. The number of rotatable bonds is 0. The van der Waals surface area contributed by atoms with Crippen LogP contribution in [0.15, 0.2) is 0 Å². The maximum Gasteiger partial charge on any atom is 0 e. The van der Waals surface area contributed by atoms with Crippen molar-refractivity contribution >= 4 is 10.1 Å². The third kappa shape index (κ3) is 22.5. The maximum atomic E-state index is 0. The molecule has 0 aliphatic heterocycles. The minimum Gasteiger partial charge on any atom is 0 e. The van der Waals surface area contributed by atoms with E-state index in [0.29, 0.717) is 0 Å². The van der Waals surface area contributed by atoms with Gasteiger partial charge in [0, 0.05) is 67.4 Å². The summed E-state index contributed by atoms with van der Waals surface area (Å²) < 4.78 is 0. The third-order valence-corrected chi connectivity index (χ3v) is 0. The second kappa shape index (κ2) is 34.5. The summed E-state index contributed by atoms with van der Waals surface area (Å²) >= 11 is 0. The van der Waals surface area contributed by atoms with Crippen LogP contribution in [-0.2, 0) is 67.4 Å². The molecule has 0 heterocycles. The van der Waals surface area contributed by atoms with Gasteiger partial charge in [-0.3, -0.25) is 0 Å². The Balaban J connectivity index is 0. The average Bonchev–Trinajstić information content (AvgIpc) is 0. The summed E-state index contributed by atoms with van der Waals surface area (Å²) in [5.74, 6) is 0. The SMILES string of the molecule is [BeH2].[Co].[Cu].[Fe].[Ni]. The van der Waals surface area contributed by atoms with Crippen LogP contribution >= 0.6 is 0 Å². The van der Waals surface area contributed by atoms with Crippen LogP contribution in [0.4, 0.5) is 0 Å². The van der Waals surface area contributed by atoms with E-state index in [9.17, 15) is 0 Å². The second-order valence-corrected chi connectivity index (χ2v) is 0. The van der Waals surface area contributed by atoms with Crippen molar-refractivity contribution in [2.24, 2.45) is 0 Å². The predicted octanol–water partition coefficient (Wildman–Crippen LogP) is -0.926. The molecule has 0 aliphatic carbocycles. The van der Waals surface area contributed by atoms with Gasteiger partial charge in [0.2, 0.25) is 0 Å². The second-order valence-electron chi connectivity index (χ2n) is 0. The largest absolute Gasteiger partial charge is 0 e. The fourth-order valence-electron chi connectivity index (χ4n) is 0. The normalized spacial score (nSPS) is 0. The molecule has 0 saturated heterocycles. The summed E-state index contributed by atoms with van der Waals surface area (Å²) in [5, 5.41) is 0. The van der Waals surface area contributed by atoms with E-state index in [1.165, 1.54) is 0 Å². The van der Waals surface area contributed by atoms with Gasteiger partial charge in [0.05, 0.1) is 0 Å². The minimum atomic E-state index is 0. The summed E-state index contributed by atoms with van der Waals surface area (Å²) in [6.07, 6.45) is 0. The van der Waals surface area contributed by atoms with Gasteiger partial charge in [0.15, 0.2) is 0 Å². The molecule has 0 amide bonds. The predicted molar refractivity (Wildman–Crippen MR) is 8.54 cm³/mol. The van der Waals surface area contributed by atoms with Crippen molar-refractivity contribution in [2.75, 3.05) is 0 Å². The quantitative estimate of drug-likeness (QED) is 0.486. The van der Waals surface area contributed by atoms with Crippen molar-refractivity contribution in [1.29, 1.82) is 0 Å². The fraction of sp³-hybridized carbons (Fsp3) is 0. The van der Waals surface area contributed by atoms with Crippen LogP contribution in [0.25, 0.3) is 0 Å². The van der Waals surface area contributed by atoms with Crippen LogP contribution in [0.3, 0.4) is 0 Å². The Bertz CT molecular complexity index is 11.6. The zero-order chi connectivity index (χ0) is 0. The molecular weight excluding hydrogens is 246 g/mol. The monoisotopic (exact) mass is 247 g/mol. The van der Waals surface area contributed by atoms with Gasteiger partial charge in [-0.25, -0.2) is 0 Å². The van der Waals surface area contributed by atoms with Crippen molar-refractivity contribution < 1.29 is 67.4 Å². The molecule has 0 fully saturated rings. The van der Waals surface area contributed by atoms with Crippen LogP contribution in [0, 0.1) is 0 Å². The summed E-state index contributed by atoms with van der Waals surface area (Å²) in [6, 6.07) is 0. The molecule has 0 aromatic rings. The fourth-order valence-corrected chi connectivity index (χ4v) is 0. The Hall–Kier alpha value is 2.21. The topological polar surface area (TPSA) is 0 Å². The van der Waals surface area contributed by atoms with E-state index < -0.39 is 0 Å². The number of hydrogen-bond acceptors (Lipinski definition) is 0. The van der Waals surface area contributed by atoms with E-state index >= 15 is 0 Å². The Morgan fingerprint density at radius 2 is 1.00 bits per heavy atom. The van der Waals surface area contributed by atoms with E-state index in [1.54, 1.807) is 0 Å². The summed E-state index contributed by atoms with van der Waals surface area (Å²) in [4.78, 5) is 0. The molecule has 0 saturated carbocycles. The summed E-state index contributed by atoms with van der Waals surface area (Å²) in [6.45, 7) is 0. The van der Waals surface area contributed by atoms with Crippen LogP contribution in [0.5, 0.6) is 0 Å². The molecule has 0 atom stereocenters. The molecule has 5 heavy (non-hydrogen) atoms. The number of hydrogen-bond donors (Lipinski definition) is 0. The first-order valence-corrected chi connectivity index (χ1v) is 0. The zero-order valence-electron chi connectivity index (χ0n) is 1.30. The first-order chi connectivity index (χ1) is 0. The van der Waals surface area contributed by atoms with Crippen LogP contribution in [0.1, 0.15) is 0 Å². The van der Waals surface area contributed by atoms with Gasteiger partial charge in [0.25, 0.3) is 0 Å². The molecule has 0 spiro atoms. The van der Waals surface area contributed by atoms with Gasteiger partial charge in [-0.1, -0.05) is 0 Å². The molecule has 0 aliphatic rings. The molecular formula is H2BeCoCuFeNi. The van der Waals surface area contributed by atoms with Gasteiger partial charge in [-0.2, -0.15) is 0 Å². The van der Waals surface area contributed by atoms with Gasteiger partial charge >= 0.3 is 10.1 Å². The maximum absolute atomic E-state index is 0. The Morgan fingerprint density at radius 1 is 1.00 bits per heavy atom. The molecule has 0 aromatic carbocycles. The Morgan fingerprint density at radius 3 is 1.00 bits per heavy atom. The van der Waals surface area contributed by atoms with Crippen molar-refractivity contribution in [1.82, 2.24) is 0 Å². The van der Waals surface area contributed by atoms with E-state index in [-0.39, 0.29) is 77.5 Å². The van der Waals surface area contributed by atoms with E-state index in [2.05, 4.69) is 0 Å². The van der Waals surface area contributed by atoms with E-state index in [0.717, 1.165) is 0 Å². The molecule has 5 heteroatoms. The van der Waals surface area contributed by atoms with Crippen molar-refractivity contribution in [3.05, 3.63) is 0 Å². The van der Waals surface area contributed by atoms with E-state index in [1.807, 2.05) is 0 Å². The third-order valence-electron chi connectivity index (χ3n) is 0. The van der Waals surface area contributed by atoms with Gasteiger partial charge in [0.1, 0.15) is 0 Å². The first-order valence-electron chi connectivity index (χ1n) is 0. The Kier molecular flexibility index (Phi) is 394. The van der Waals surface area contributed by atoms with Crippen molar-refractivity contribution in [2.45, 2.75) is 0 Å². The van der Waals surface area contributed by atoms with Crippen LogP contribution < -0.4 is 0 Å². The van der Waals surface area contributed by atoms with E-state index in [4.69, 9.17) is 0 Å². The zero-order valence-corrected chi connectivity index (χ0v) is 5.38. The molecule has 2 radical (unpaired) electrons. The van der Waals surface area contributed by atoms with Crippen LogP contribution in [0.2, 0.25) is 0 Å². The van der Waals surface area contributed by atoms with Gasteiger partial charge in [-0.15, -0.1) is 0 Å². The minimum absolute atomic E-state index is 0. The van der Waals surface area contributed by atoms with Crippen molar-refractivity contribution in [3.63, 3.8) is 0 Å². The molecule has 0 bridgehead atoms. The summed E-state index contributed by atoms with van der Waals surface area (Å²) in [5.41, 5.74) is 0. The molecule has 0 rings (SSSR count).